The second-order valence-electron chi connectivity index (χ2n) is 9.20. The van der Waals surface area contributed by atoms with Crippen LogP contribution in [-0.2, 0) is 6.18 Å². The zero-order valence-electron chi connectivity index (χ0n) is 19.6. The molecule has 184 valence electrons. The van der Waals surface area contributed by atoms with Gasteiger partial charge in [0.25, 0.3) is 5.91 Å². The van der Waals surface area contributed by atoms with Crippen LogP contribution in [0.15, 0.2) is 48.9 Å². The normalized spacial score (nSPS) is 16.7. The maximum absolute atomic E-state index is 12.8. The van der Waals surface area contributed by atoms with E-state index in [1.54, 1.807) is 19.2 Å². The SMILES string of the molecule is Cc1c(C(=O)Nc2ccc(C3=CCC(C(C)(C)O)CC3)nc2)cnn1-c1ccc(C(F)(F)F)cn1. The first-order valence-corrected chi connectivity index (χ1v) is 11.2. The lowest BCUT2D eigenvalue weighted by Crippen LogP contribution is -2.31. The third kappa shape index (κ3) is 5.43. The molecular weight excluding hydrogens is 459 g/mol. The maximum Gasteiger partial charge on any atom is 0.417 e. The van der Waals surface area contributed by atoms with Gasteiger partial charge in [0.05, 0.1) is 46.2 Å². The first-order chi connectivity index (χ1) is 16.4. The van der Waals surface area contributed by atoms with Gasteiger partial charge in [-0.25, -0.2) is 9.67 Å². The lowest BCUT2D eigenvalue weighted by atomic mass is 9.79. The fourth-order valence-electron chi connectivity index (χ4n) is 4.11. The van der Waals surface area contributed by atoms with Crippen molar-refractivity contribution in [1.82, 2.24) is 19.7 Å². The molecule has 1 aliphatic carbocycles. The molecule has 3 aromatic rings. The highest BCUT2D eigenvalue weighted by molar-refractivity contribution is 6.04. The summed E-state index contributed by atoms with van der Waals surface area (Å²) >= 11 is 0. The van der Waals surface area contributed by atoms with E-state index in [9.17, 15) is 23.1 Å². The van der Waals surface area contributed by atoms with E-state index < -0.39 is 23.2 Å². The van der Waals surface area contributed by atoms with Gasteiger partial charge >= 0.3 is 6.18 Å². The molecule has 2 N–H and O–H groups in total. The summed E-state index contributed by atoms with van der Waals surface area (Å²) in [6.07, 6.45) is 3.78. The largest absolute Gasteiger partial charge is 0.417 e. The van der Waals surface area contributed by atoms with Gasteiger partial charge in [0.15, 0.2) is 5.82 Å². The number of pyridine rings is 2. The number of allylic oxidation sites excluding steroid dienone is 2. The van der Waals surface area contributed by atoms with Gasteiger partial charge in [0, 0.05) is 6.20 Å². The Morgan fingerprint density at radius 2 is 1.89 bits per heavy atom. The highest BCUT2D eigenvalue weighted by Gasteiger charge is 2.31. The number of amides is 1. The average molecular weight is 486 g/mol. The molecule has 0 saturated heterocycles. The Bertz CT molecular complexity index is 1240. The second kappa shape index (κ2) is 9.26. The Morgan fingerprint density at radius 3 is 2.43 bits per heavy atom. The topological polar surface area (TPSA) is 92.9 Å². The van der Waals surface area contributed by atoms with Gasteiger partial charge in [-0.15, -0.1) is 0 Å². The lowest BCUT2D eigenvalue weighted by Gasteiger charge is -2.31. The average Bonchev–Trinajstić information content (AvgIpc) is 3.20. The van der Waals surface area contributed by atoms with Crippen molar-refractivity contribution in [2.24, 2.45) is 5.92 Å². The Hall–Kier alpha value is -3.53. The molecule has 0 aromatic carbocycles. The van der Waals surface area contributed by atoms with Crippen LogP contribution in [0.4, 0.5) is 18.9 Å². The molecule has 3 heterocycles. The molecule has 3 aromatic heterocycles. The zero-order valence-corrected chi connectivity index (χ0v) is 19.6. The van der Waals surface area contributed by atoms with E-state index in [0.717, 1.165) is 42.8 Å². The van der Waals surface area contributed by atoms with Crippen molar-refractivity contribution in [2.75, 3.05) is 5.32 Å². The highest BCUT2D eigenvalue weighted by atomic mass is 19.4. The summed E-state index contributed by atoms with van der Waals surface area (Å²) < 4.78 is 39.6. The van der Waals surface area contributed by atoms with Crippen LogP contribution < -0.4 is 5.32 Å². The number of hydrogen-bond acceptors (Lipinski definition) is 5. The molecule has 4 rings (SSSR count). The standard InChI is InChI=1S/C25H26F3N5O2/c1-15-20(14-31-33(15)22-11-8-18(12-30-22)25(26,27)28)23(34)32-19-9-10-21(29-13-19)16-4-6-17(7-5-16)24(2,3)35/h4,8-14,17,35H,5-7H2,1-3H3,(H,32,34). The van der Waals surface area contributed by atoms with E-state index >= 15 is 0 Å². The number of hydrogen-bond donors (Lipinski definition) is 2. The van der Waals surface area contributed by atoms with E-state index in [1.807, 2.05) is 19.9 Å². The molecule has 0 saturated carbocycles. The molecule has 0 bridgehead atoms. The number of halogens is 3. The molecule has 10 heteroatoms. The first-order valence-electron chi connectivity index (χ1n) is 11.2. The van der Waals surface area contributed by atoms with E-state index in [2.05, 4.69) is 26.5 Å². The number of carbonyl (C=O) groups is 1. The van der Waals surface area contributed by atoms with Gasteiger partial charge in [0.2, 0.25) is 0 Å². The van der Waals surface area contributed by atoms with Crippen molar-refractivity contribution in [3.63, 3.8) is 0 Å². The molecular formula is C25H26F3N5O2. The Morgan fingerprint density at radius 1 is 1.11 bits per heavy atom. The van der Waals surface area contributed by atoms with Crippen molar-refractivity contribution in [1.29, 1.82) is 0 Å². The first kappa shape index (κ1) is 24.6. The van der Waals surface area contributed by atoms with E-state index in [4.69, 9.17) is 0 Å². The summed E-state index contributed by atoms with van der Waals surface area (Å²) in [6, 6.07) is 5.73. The smallest absolute Gasteiger partial charge is 0.390 e. The van der Waals surface area contributed by atoms with Gasteiger partial charge in [0.1, 0.15) is 0 Å². The van der Waals surface area contributed by atoms with Crippen LogP contribution in [0.5, 0.6) is 0 Å². The highest BCUT2D eigenvalue weighted by Crippen LogP contribution is 2.35. The minimum absolute atomic E-state index is 0.174. The van der Waals surface area contributed by atoms with Crippen LogP contribution in [0.2, 0.25) is 0 Å². The number of nitrogens with one attached hydrogen (secondary N) is 1. The Labute approximate surface area is 200 Å². The number of aliphatic hydroxyl groups is 1. The predicted octanol–water partition coefficient (Wildman–Crippen LogP) is 5.20. The Balaban J connectivity index is 1.43. The summed E-state index contributed by atoms with van der Waals surface area (Å²) in [6.45, 7) is 5.30. The van der Waals surface area contributed by atoms with Crippen LogP contribution in [-0.4, -0.2) is 36.4 Å². The molecule has 1 atom stereocenters. The minimum atomic E-state index is -4.48. The minimum Gasteiger partial charge on any atom is -0.390 e. The summed E-state index contributed by atoms with van der Waals surface area (Å²) in [7, 11) is 0. The van der Waals surface area contributed by atoms with Crippen LogP contribution in [0, 0.1) is 12.8 Å². The van der Waals surface area contributed by atoms with E-state index in [-0.39, 0.29) is 17.3 Å². The molecule has 7 nitrogen and oxygen atoms in total. The van der Waals surface area contributed by atoms with Gasteiger partial charge in [-0.1, -0.05) is 6.08 Å². The van der Waals surface area contributed by atoms with E-state index in [1.165, 1.54) is 16.9 Å². The molecule has 1 unspecified atom stereocenters. The fourth-order valence-corrected chi connectivity index (χ4v) is 4.11. The summed E-state index contributed by atoms with van der Waals surface area (Å²) in [5.74, 6) is -0.0278. The zero-order chi connectivity index (χ0) is 25.4. The van der Waals surface area contributed by atoms with Crippen LogP contribution >= 0.6 is 0 Å². The number of alkyl halides is 3. The second-order valence-corrected chi connectivity index (χ2v) is 9.20. The van der Waals surface area contributed by atoms with Crippen LogP contribution in [0.1, 0.15) is 60.4 Å². The lowest BCUT2D eigenvalue weighted by molar-refractivity contribution is -0.137. The van der Waals surface area contributed by atoms with Crippen molar-refractivity contribution in [3.8, 4) is 5.82 Å². The summed E-state index contributed by atoms with van der Waals surface area (Å²) in [4.78, 5) is 21.1. The molecule has 0 spiro atoms. The number of carbonyl (C=O) groups excluding carboxylic acids is 1. The fraction of sp³-hybridized carbons (Fsp3) is 0.360. The monoisotopic (exact) mass is 485 g/mol. The summed E-state index contributed by atoms with van der Waals surface area (Å²) in [5.41, 5.74) is 1.58. The Kier molecular flexibility index (Phi) is 6.50. The molecule has 1 aliphatic rings. The molecule has 0 radical (unpaired) electrons. The van der Waals surface area contributed by atoms with Gasteiger partial charge < -0.3 is 10.4 Å². The van der Waals surface area contributed by atoms with Crippen molar-refractivity contribution in [3.05, 3.63) is 71.4 Å². The maximum atomic E-state index is 12.8. The number of anilines is 1. The molecule has 0 aliphatic heterocycles. The quantitative estimate of drug-likeness (QED) is 0.519. The molecule has 35 heavy (non-hydrogen) atoms. The van der Waals surface area contributed by atoms with E-state index in [0.29, 0.717) is 11.4 Å². The van der Waals surface area contributed by atoms with Crippen LogP contribution in [0.3, 0.4) is 0 Å². The molecule has 0 fully saturated rings. The third-order valence-electron chi connectivity index (χ3n) is 6.31. The van der Waals surface area contributed by atoms with Crippen molar-refractivity contribution < 1.29 is 23.1 Å². The molecule has 1 amide bonds. The van der Waals surface area contributed by atoms with Crippen molar-refractivity contribution in [2.45, 2.75) is 51.8 Å². The van der Waals surface area contributed by atoms with Gasteiger partial charge in [-0.3, -0.25) is 9.78 Å². The van der Waals surface area contributed by atoms with Gasteiger partial charge in [-0.05, 0) is 75.8 Å². The van der Waals surface area contributed by atoms with Gasteiger partial charge in [-0.2, -0.15) is 18.3 Å². The van der Waals surface area contributed by atoms with Crippen LogP contribution in [0.25, 0.3) is 11.4 Å². The third-order valence-corrected chi connectivity index (χ3v) is 6.31. The number of rotatable bonds is 5. The summed E-state index contributed by atoms with van der Waals surface area (Å²) in [5, 5.41) is 17.1. The van der Waals surface area contributed by atoms with Crippen molar-refractivity contribution >= 4 is 17.2 Å². The number of nitrogens with zero attached hydrogens (tertiary/aromatic N) is 4. The number of aromatic nitrogens is 4. The predicted molar refractivity (Wildman–Crippen MR) is 125 cm³/mol.